The van der Waals surface area contributed by atoms with Crippen LogP contribution in [0.4, 0.5) is 5.69 Å². The van der Waals surface area contributed by atoms with Gasteiger partial charge in [0.15, 0.2) is 11.5 Å². The van der Waals surface area contributed by atoms with Gasteiger partial charge in [0, 0.05) is 21.8 Å². The van der Waals surface area contributed by atoms with Crippen LogP contribution in [0.5, 0.6) is 17.2 Å². The van der Waals surface area contributed by atoms with Gasteiger partial charge in [0.2, 0.25) is 17.4 Å². The summed E-state index contributed by atoms with van der Waals surface area (Å²) in [5, 5.41) is 10.2. The molecule has 3 N–H and O–H groups in total. The number of hydrogen-bond donors (Lipinski definition) is 2. The second-order valence-electron chi connectivity index (χ2n) is 9.45. The molecule has 3 aromatic carbocycles. The van der Waals surface area contributed by atoms with E-state index < -0.39 is 40.1 Å². The minimum atomic E-state index is -1.87. The highest BCUT2D eigenvalue weighted by atomic mass is 35.5. The highest BCUT2D eigenvalue weighted by molar-refractivity contribution is 8.00. The Balaban J connectivity index is 1.45. The van der Waals surface area contributed by atoms with Crippen molar-refractivity contribution in [2.45, 2.75) is 29.2 Å². The molecule has 3 unspecified atom stereocenters. The van der Waals surface area contributed by atoms with Crippen LogP contribution in [0.15, 0.2) is 66.7 Å². The minimum Gasteiger partial charge on any atom is -0.478 e. The van der Waals surface area contributed by atoms with E-state index in [1.165, 1.54) is 39.8 Å². The smallest absolute Gasteiger partial charge is 0.351 e. The van der Waals surface area contributed by atoms with Gasteiger partial charge in [0.05, 0.1) is 23.4 Å². The summed E-state index contributed by atoms with van der Waals surface area (Å²) < 4.78 is 12.2. The van der Waals surface area contributed by atoms with Gasteiger partial charge in [-0.3, -0.25) is 14.5 Å². The molecule has 0 spiro atoms. The summed E-state index contributed by atoms with van der Waals surface area (Å²) in [5.41, 5.74) is 4.34. The predicted molar refractivity (Wildman–Crippen MR) is 158 cm³/mol. The average Bonchev–Trinajstić information content (AvgIpc) is 2.95. The van der Waals surface area contributed by atoms with Crippen LogP contribution in [0.3, 0.4) is 0 Å². The minimum absolute atomic E-state index is 0.0468. The third-order valence-corrected chi connectivity index (χ3v) is 9.29. The molecule has 0 saturated carbocycles. The van der Waals surface area contributed by atoms with E-state index in [1.54, 1.807) is 55.5 Å². The van der Waals surface area contributed by atoms with Gasteiger partial charge in [-0.05, 0) is 49.4 Å². The molecule has 0 bridgehead atoms. The van der Waals surface area contributed by atoms with Crippen molar-refractivity contribution in [1.29, 1.82) is 0 Å². The van der Waals surface area contributed by atoms with E-state index in [9.17, 15) is 19.5 Å². The first-order chi connectivity index (χ1) is 19.6. The van der Waals surface area contributed by atoms with Gasteiger partial charge >= 0.3 is 5.97 Å². The molecule has 41 heavy (non-hydrogen) atoms. The van der Waals surface area contributed by atoms with Crippen LogP contribution >= 0.6 is 46.6 Å². The molecule has 5 rings (SSSR count). The third-order valence-electron chi connectivity index (χ3n) is 6.95. The first kappa shape index (κ1) is 29.3. The van der Waals surface area contributed by atoms with E-state index in [-0.39, 0.29) is 40.4 Å². The summed E-state index contributed by atoms with van der Waals surface area (Å²) in [5.74, 6) is -1.63. The zero-order chi connectivity index (χ0) is 29.5. The summed E-state index contributed by atoms with van der Waals surface area (Å²) in [7, 11) is 0. The van der Waals surface area contributed by atoms with Crippen molar-refractivity contribution in [3.05, 3.63) is 81.8 Å². The number of amides is 2. The molecular formula is C28H24Cl3N3O6S. The number of anilines is 1. The van der Waals surface area contributed by atoms with Crippen molar-refractivity contribution in [3.8, 4) is 17.2 Å². The number of carboxylic acids is 1. The van der Waals surface area contributed by atoms with Crippen LogP contribution < -0.4 is 20.1 Å². The van der Waals surface area contributed by atoms with Crippen LogP contribution in [0, 0.1) is 0 Å². The maximum Gasteiger partial charge on any atom is 0.351 e. The van der Waals surface area contributed by atoms with Crippen LogP contribution in [0.1, 0.15) is 6.92 Å². The van der Waals surface area contributed by atoms with Crippen LogP contribution in [-0.2, 0) is 14.4 Å². The summed E-state index contributed by atoms with van der Waals surface area (Å²) in [6.45, 7) is 1.14. The number of carbonyl (C=O) groups is 3. The molecule has 2 amide bonds. The highest BCUT2D eigenvalue weighted by Crippen LogP contribution is 2.48. The van der Waals surface area contributed by atoms with E-state index >= 15 is 0 Å². The van der Waals surface area contributed by atoms with Crippen molar-refractivity contribution >= 4 is 70.0 Å². The number of hydrogen-bond acceptors (Lipinski definition) is 7. The Bertz CT molecular complexity index is 1510. The van der Waals surface area contributed by atoms with Gasteiger partial charge in [-0.15, -0.1) is 11.8 Å². The monoisotopic (exact) mass is 635 g/mol. The van der Waals surface area contributed by atoms with Crippen molar-refractivity contribution < 1.29 is 29.0 Å². The number of benzene rings is 3. The molecule has 2 aliphatic heterocycles. The van der Waals surface area contributed by atoms with Crippen LogP contribution in [0.2, 0.25) is 15.1 Å². The van der Waals surface area contributed by atoms with E-state index in [2.05, 4.69) is 0 Å². The molecule has 13 heteroatoms. The maximum absolute atomic E-state index is 13.5. The molecule has 3 aromatic rings. The van der Waals surface area contributed by atoms with Crippen molar-refractivity contribution in [1.82, 2.24) is 4.90 Å². The van der Waals surface area contributed by atoms with Gasteiger partial charge in [0.1, 0.15) is 17.2 Å². The third kappa shape index (κ3) is 5.42. The lowest BCUT2D eigenvalue weighted by atomic mass is 9.93. The second kappa shape index (κ2) is 11.6. The Morgan fingerprint density at radius 1 is 1.05 bits per heavy atom. The Kier molecular flexibility index (Phi) is 8.31. The molecule has 2 aliphatic rings. The number of β-lactam (4-membered cyclic amide) rings is 1. The summed E-state index contributed by atoms with van der Waals surface area (Å²) in [4.78, 5) is 42.0. The number of thioether (sulfide) groups is 1. The lowest BCUT2D eigenvalue weighted by Gasteiger charge is -2.57. The van der Waals surface area contributed by atoms with Gasteiger partial charge in [-0.1, -0.05) is 53.0 Å². The Hall–Kier alpha value is -3.15. The maximum atomic E-state index is 13.5. The zero-order valence-electron chi connectivity index (χ0n) is 21.5. The molecular weight excluding hydrogens is 613 g/mol. The Labute approximate surface area is 255 Å². The normalized spacial score (nSPS) is 23.3. The van der Waals surface area contributed by atoms with Gasteiger partial charge in [-0.25, -0.2) is 4.79 Å². The fourth-order valence-corrected chi connectivity index (χ4v) is 7.01. The van der Waals surface area contributed by atoms with Crippen molar-refractivity contribution in [2.75, 3.05) is 18.0 Å². The van der Waals surface area contributed by atoms with Gasteiger partial charge in [0.25, 0.3) is 0 Å². The van der Waals surface area contributed by atoms with E-state index in [4.69, 9.17) is 50.0 Å². The van der Waals surface area contributed by atoms with Crippen LogP contribution in [-0.4, -0.2) is 63.1 Å². The van der Waals surface area contributed by atoms with E-state index in [0.29, 0.717) is 10.7 Å². The summed E-state index contributed by atoms with van der Waals surface area (Å²) in [6.07, 6.45) is 0. The van der Waals surface area contributed by atoms with Crippen molar-refractivity contribution in [3.63, 3.8) is 0 Å². The standard InChI is InChI=1S/C28H24Cl3N3O6S/c1-15-28(27(37)38,40-22-12-17(30)8-10-21(22)39-20-9-7-16(29)11-19(20)31)14-33-25(36)24(26(33)41-15)34(23(35)13-32)18-5-3-2-4-6-18/h2-12,15,24,26H,13-14,32H2,1H3,(H,37,38)/t15?,24?,26-,28?/m1/s1. The number of aliphatic carboxylic acids is 1. The zero-order valence-corrected chi connectivity index (χ0v) is 24.6. The van der Waals surface area contributed by atoms with E-state index in [1.807, 2.05) is 0 Å². The molecule has 0 aliphatic carbocycles. The molecule has 2 fully saturated rings. The molecule has 0 aromatic heterocycles. The Morgan fingerprint density at radius 2 is 1.71 bits per heavy atom. The lowest BCUT2D eigenvalue weighted by Crippen LogP contribution is -2.78. The lowest BCUT2D eigenvalue weighted by molar-refractivity contribution is -0.165. The van der Waals surface area contributed by atoms with Crippen molar-refractivity contribution in [2.24, 2.45) is 5.73 Å². The number of nitrogens with zero attached hydrogens (tertiary/aromatic N) is 2. The van der Waals surface area contributed by atoms with Gasteiger partial charge < -0.3 is 25.2 Å². The first-order valence-corrected chi connectivity index (χ1v) is 14.5. The molecule has 9 nitrogen and oxygen atoms in total. The number of halogens is 3. The number of carbonyl (C=O) groups excluding carboxylic acids is 2. The fraction of sp³-hybridized carbons (Fsp3) is 0.250. The average molecular weight is 637 g/mol. The molecule has 214 valence electrons. The predicted octanol–water partition coefficient (Wildman–Crippen LogP) is 5.31. The number of carboxylic acid groups (broad SMARTS) is 1. The number of fused-ring (bicyclic) bond motifs is 1. The largest absolute Gasteiger partial charge is 0.478 e. The summed E-state index contributed by atoms with van der Waals surface area (Å²) in [6, 6.07) is 17.1. The molecule has 4 atom stereocenters. The topological polar surface area (TPSA) is 122 Å². The number of ether oxygens (including phenoxy) is 2. The molecule has 2 heterocycles. The van der Waals surface area contributed by atoms with Crippen LogP contribution in [0.25, 0.3) is 0 Å². The number of para-hydroxylation sites is 1. The quantitative estimate of drug-likeness (QED) is 0.319. The fourth-order valence-electron chi connectivity index (χ4n) is 4.83. The first-order valence-electron chi connectivity index (χ1n) is 12.4. The molecule has 0 radical (unpaired) electrons. The highest BCUT2D eigenvalue weighted by Gasteiger charge is 2.63. The van der Waals surface area contributed by atoms with Gasteiger partial charge in [-0.2, -0.15) is 0 Å². The molecule has 2 saturated heterocycles. The number of rotatable bonds is 8. The van der Waals surface area contributed by atoms with E-state index in [0.717, 1.165) is 0 Å². The number of nitrogens with two attached hydrogens (primary N) is 1. The Morgan fingerprint density at radius 3 is 2.34 bits per heavy atom. The summed E-state index contributed by atoms with van der Waals surface area (Å²) >= 11 is 19.7. The second-order valence-corrected chi connectivity index (χ2v) is 12.2. The SMILES string of the molecule is CC1S[C@@H]2C(N(C(=O)CN)c3ccccc3)C(=O)N2CC1(Oc1cc(Cl)ccc1Oc1ccc(Cl)cc1Cl)C(=O)O.